The summed E-state index contributed by atoms with van der Waals surface area (Å²) in [5.41, 5.74) is 4.96. The number of aromatic nitrogens is 4. The van der Waals surface area contributed by atoms with E-state index in [0.717, 1.165) is 34.6 Å². The molecule has 140 valence electrons. The third-order valence-electron chi connectivity index (χ3n) is 4.57. The van der Waals surface area contributed by atoms with Crippen molar-refractivity contribution in [3.05, 3.63) is 82.6 Å². The van der Waals surface area contributed by atoms with Gasteiger partial charge in [-0.25, -0.2) is 0 Å². The van der Waals surface area contributed by atoms with Gasteiger partial charge in [-0.1, -0.05) is 48.5 Å². The molecule has 4 aromatic rings. The summed E-state index contributed by atoms with van der Waals surface area (Å²) in [6, 6.07) is 21.0. The number of hydrogen-bond acceptors (Lipinski definition) is 4. The van der Waals surface area contributed by atoms with Crippen LogP contribution in [0.15, 0.2) is 71.5 Å². The lowest BCUT2D eigenvalue weighted by atomic mass is 10.0. The van der Waals surface area contributed by atoms with Crippen molar-refractivity contribution in [1.29, 1.82) is 0 Å². The number of H-pyrrole nitrogens is 1. The maximum atomic E-state index is 12.5. The number of nitrogens with zero attached hydrogens (tertiary/aromatic N) is 3. The van der Waals surface area contributed by atoms with Crippen LogP contribution in [0, 0.1) is 6.92 Å². The summed E-state index contributed by atoms with van der Waals surface area (Å²) < 4.78 is 1.45. The summed E-state index contributed by atoms with van der Waals surface area (Å²) in [5, 5.41) is 15.5. The molecule has 0 fully saturated rings. The molecule has 0 aliphatic heterocycles. The van der Waals surface area contributed by atoms with Gasteiger partial charge in [0.2, 0.25) is 0 Å². The Morgan fingerprint density at radius 3 is 2.50 bits per heavy atom. The van der Waals surface area contributed by atoms with E-state index in [-0.39, 0.29) is 5.56 Å². The SMILES string of the molecule is CCNc1n[nH]c(-c2ccccc2)c1-c1ccc(=O)n(-c2ccccc2C)n1. The van der Waals surface area contributed by atoms with Gasteiger partial charge in [0.25, 0.3) is 5.56 Å². The van der Waals surface area contributed by atoms with Crippen molar-refractivity contribution in [2.75, 3.05) is 11.9 Å². The molecular weight excluding hydrogens is 350 g/mol. The van der Waals surface area contributed by atoms with Crippen LogP contribution in [0.25, 0.3) is 28.2 Å². The molecule has 0 aliphatic rings. The van der Waals surface area contributed by atoms with Crippen LogP contribution >= 0.6 is 0 Å². The molecule has 0 saturated carbocycles. The highest BCUT2D eigenvalue weighted by Crippen LogP contribution is 2.34. The lowest BCUT2D eigenvalue weighted by Gasteiger charge is -2.11. The van der Waals surface area contributed by atoms with Gasteiger partial charge in [-0.2, -0.15) is 14.9 Å². The molecule has 0 radical (unpaired) electrons. The maximum Gasteiger partial charge on any atom is 0.271 e. The molecule has 0 atom stereocenters. The molecule has 0 bridgehead atoms. The van der Waals surface area contributed by atoms with Crippen molar-refractivity contribution in [3.8, 4) is 28.2 Å². The molecule has 0 saturated heterocycles. The summed E-state index contributed by atoms with van der Waals surface area (Å²) in [5.74, 6) is 0.712. The van der Waals surface area contributed by atoms with E-state index >= 15 is 0 Å². The zero-order valence-electron chi connectivity index (χ0n) is 15.8. The lowest BCUT2D eigenvalue weighted by Crippen LogP contribution is -2.21. The number of rotatable bonds is 5. The number of hydrogen-bond donors (Lipinski definition) is 2. The van der Waals surface area contributed by atoms with Gasteiger partial charge < -0.3 is 5.32 Å². The number of aryl methyl sites for hydroxylation is 1. The van der Waals surface area contributed by atoms with E-state index in [2.05, 4.69) is 20.6 Å². The molecule has 4 rings (SSSR count). The van der Waals surface area contributed by atoms with Gasteiger partial charge in [0.15, 0.2) is 5.82 Å². The van der Waals surface area contributed by atoms with Crippen molar-refractivity contribution in [2.45, 2.75) is 13.8 Å². The summed E-state index contributed by atoms with van der Waals surface area (Å²) in [6.07, 6.45) is 0. The third-order valence-corrected chi connectivity index (χ3v) is 4.57. The van der Waals surface area contributed by atoms with E-state index in [1.54, 1.807) is 12.1 Å². The Bertz CT molecular complexity index is 1160. The molecule has 28 heavy (non-hydrogen) atoms. The number of benzene rings is 2. The smallest absolute Gasteiger partial charge is 0.271 e. The van der Waals surface area contributed by atoms with Gasteiger partial charge in [-0.3, -0.25) is 9.89 Å². The van der Waals surface area contributed by atoms with Crippen LogP contribution in [0.2, 0.25) is 0 Å². The summed E-state index contributed by atoms with van der Waals surface area (Å²) in [7, 11) is 0. The zero-order chi connectivity index (χ0) is 19.5. The second-order valence-electron chi connectivity index (χ2n) is 6.47. The first-order chi connectivity index (χ1) is 13.7. The minimum Gasteiger partial charge on any atom is -0.368 e. The van der Waals surface area contributed by atoms with Crippen LogP contribution in [-0.2, 0) is 0 Å². The van der Waals surface area contributed by atoms with Gasteiger partial charge in [0.05, 0.1) is 22.6 Å². The molecule has 6 nitrogen and oxygen atoms in total. The fourth-order valence-electron chi connectivity index (χ4n) is 3.22. The van der Waals surface area contributed by atoms with E-state index in [0.29, 0.717) is 11.5 Å². The fraction of sp³-hybridized carbons (Fsp3) is 0.136. The highest BCUT2D eigenvalue weighted by atomic mass is 16.1. The van der Waals surface area contributed by atoms with Crippen LogP contribution < -0.4 is 10.9 Å². The molecule has 2 aromatic carbocycles. The Hall–Kier alpha value is -3.67. The van der Waals surface area contributed by atoms with Crippen LogP contribution in [0.3, 0.4) is 0 Å². The lowest BCUT2D eigenvalue weighted by molar-refractivity contribution is 0.807. The number of anilines is 1. The second-order valence-corrected chi connectivity index (χ2v) is 6.47. The predicted octanol–water partition coefficient (Wildman–Crippen LogP) is 4.03. The Balaban J connectivity index is 1.93. The first-order valence-electron chi connectivity index (χ1n) is 9.23. The van der Waals surface area contributed by atoms with Gasteiger partial charge in [0.1, 0.15) is 0 Å². The average Bonchev–Trinajstić information content (AvgIpc) is 3.14. The number of nitrogens with one attached hydrogen (secondary N) is 2. The molecule has 0 spiro atoms. The van der Waals surface area contributed by atoms with E-state index in [1.807, 2.05) is 68.4 Å². The average molecular weight is 371 g/mol. The highest BCUT2D eigenvalue weighted by Gasteiger charge is 2.19. The van der Waals surface area contributed by atoms with Gasteiger partial charge >= 0.3 is 0 Å². The Labute approximate surface area is 162 Å². The van der Waals surface area contributed by atoms with Crippen LogP contribution in [-0.4, -0.2) is 26.5 Å². The Morgan fingerprint density at radius 2 is 1.75 bits per heavy atom. The van der Waals surface area contributed by atoms with Gasteiger partial charge in [-0.15, -0.1) is 0 Å². The van der Waals surface area contributed by atoms with E-state index < -0.39 is 0 Å². The standard InChI is InChI=1S/C22H21N5O/c1-3-23-22-20(21(24-25-22)16-10-5-4-6-11-16)17-13-14-19(28)27(26-17)18-12-8-7-9-15(18)2/h4-14H,3H2,1-2H3,(H2,23,24,25). The molecule has 6 heteroatoms. The summed E-state index contributed by atoms with van der Waals surface area (Å²) >= 11 is 0. The van der Waals surface area contributed by atoms with Crippen molar-refractivity contribution >= 4 is 5.82 Å². The normalized spacial score (nSPS) is 10.8. The quantitative estimate of drug-likeness (QED) is 0.555. The zero-order valence-corrected chi connectivity index (χ0v) is 15.8. The minimum atomic E-state index is -0.173. The van der Waals surface area contributed by atoms with Gasteiger partial charge in [-0.05, 0) is 31.5 Å². The van der Waals surface area contributed by atoms with Crippen molar-refractivity contribution in [3.63, 3.8) is 0 Å². The molecular formula is C22H21N5O. The summed E-state index contributed by atoms with van der Waals surface area (Å²) in [4.78, 5) is 12.5. The van der Waals surface area contributed by atoms with Crippen LogP contribution in [0.1, 0.15) is 12.5 Å². The second kappa shape index (κ2) is 7.52. The fourth-order valence-corrected chi connectivity index (χ4v) is 3.22. The Kier molecular flexibility index (Phi) is 4.76. The Morgan fingerprint density at radius 1 is 1.00 bits per heavy atom. The van der Waals surface area contributed by atoms with Crippen LogP contribution in [0.5, 0.6) is 0 Å². The molecule has 2 aromatic heterocycles. The largest absolute Gasteiger partial charge is 0.368 e. The first-order valence-corrected chi connectivity index (χ1v) is 9.23. The highest BCUT2D eigenvalue weighted by molar-refractivity contribution is 5.86. The minimum absolute atomic E-state index is 0.173. The van der Waals surface area contributed by atoms with Crippen molar-refractivity contribution in [2.24, 2.45) is 0 Å². The van der Waals surface area contributed by atoms with E-state index in [1.165, 1.54) is 4.68 Å². The van der Waals surface area contributed by atoms with Crippen molar-refractivity contribution in [1.82, 2.24) is 20.0 Å². The summed E-state index contributed by atoms with van der Waals surface area (Å²) in [6.45, 7) is 4.71. The third kappa shape index (κ3) is 3.20. The topological polar surface area (TPSA) is 75.6 Å². The molecule has 0 unspecified atom stereocenters. The first kappa shape index (κ1) is 17.7. The molecule has 0 aliphatic carbocycles. The molecule has 2 heterocycles. The predicted molar refractivity (Wildman–Crippen MR) is 112 cm³/mol. The van der Waals surface area contributed by atoms with Crippen molar-refractivity contribution < 1.29 is 0 Å². The molecule has 0 amide bonds. The van der Waals surface area contributed by atoms with Gasteiger partial charge in [0, 0.05) is 18.2 Å². The van der Waals surface area contributed by atoms with Crippen LogP contribution in [0.4, 0.5) is 5.82 Å². The number of para-hydroxylation sites is 1. The monoisotopic (exact) mass is 371 g/mol. The maximum absolute atomic E-state index is 12.5. The molecule has 2 N–H and O–H groups in total. The van der Waals surface area contributed by atoms with E-state index in [4.69, 9.17) is 0 Å². The van der Waals surface area contributed by atoms with E-state index in [9.17, 15) is 4.79 Å². The number of aromatic amines is 1.